The molecule has 0 saturated carbocycles. The molecule has 2 bridgehead atoms. The van der Waals surface area contributed by atoms with Crippen LogP contribution in [-0.4, -0.2) is 42.7 Å². The van der Waals surface area contributed by atoms with Crippen molar-refractivity contribution in [3.8, 4) is 5.75 Å². The van der Waals surface area contributed by atoms with Crippen LogP contribution in [0.4, 0.5) is 0 Å². The van der Waals surface area contributed by atoms with E-state index in [4.69, 9.17) is 4.74 Å². The maximum absolute atomic E-state index is 11.3. The fourth-order valence-corrected chi connectivity index (χ4v) is 3.83. The summed E-state index contributed by atoms with van der Waals surface area (Å²) in [6, 6.07) is 6.37. The average molecular weight is 287 g/mol. The number of piperidine rings is 1. The summed E-state index contributed by atoms with van der Waals surface area (Å²) in [5, 5.41) is 9.25. The van der Waals surface area contributed by atoms with Crippen molar-refractivity contribution in [3.05, 3.63) is 41.0 Å². The number of rotatable bonds is 2. The van der Waals surface area contributed by atoms with Crippen LogP contribution in [0.1, 0.15) is 24.5 Å². The summed E-state index contributed by atoms with van der Waals surface area (Å²) in [5.74, 6) is -0.0232. The molecule has 0 spiro atoms. The first-order valence-corrected chi connectivity index (χ1v) is 7.28. The predicted octanol–water partition coefficient (Wildman–Crippen LogP) is 2.22. The zero-order valence-electron chi connectivity index (χ0n) is 12.7. The molecule has 1 aliphatic carbocycles. The molecule has 1 heterocycles. The highest BCUT2D eigenvalue weighted by Gasteiger charge is 2.46. The first-order chi connectivity index (χ1) is 9.95. The number of aliphatic carboxylic acids is 1. The Bertz CT molecular complexity index is 622. The van der Waals surface area contributed by atoms with Crippen LogP contribution < -0.4 is 4.74 Å². The second-order valence-electron chi connectivity index (χ2n) is 6.24. The van der Waals surface area contributed by atoms with Gasteiger partial charge in [0.1, 0.15) is 5.75 Å². The second kappa shape index (κ2) is 4.88. The van der Waals surface area contributed by atoms with Crippen molar-refractivity contribution < 1.29 is 14.6 Å². The number of likely N-dealkylation sites (tertiary alicyclic amines) is 1. The lowest BCUT2D eigenvalue weighted by Gasteiger charge is -2.51. The normalized spacial score (nSPS) is 30.0. The number of likely N-dealkylation sites (N-methyl/N-ethyl adjacent to an activating group) is 1. The molecule has 0 radical (unpaired) electrons. The van der Waals surface area contributed by atoms with Gasteiger partial charge in [0, 0.05) is 17.5 Å². The Morgan fingerprint density at radius 3 is 2.95 bits per heavy atom. The molecule has 3 rings (SSSR count). The van der Waals surface area contributed by atoms with Crippen molar-refractivity contribution >= 4 is 5.97 Å². The van der Waals surface area contributed by atoms with Gasteiger partial charge >= 0.3 is 5.97 Å². The maximum Gasteiger partial charge on any atom is 0.328 e. The summed E-state index contributed by atoms with van der Waals surface area (Å²) >= 11 is 0. The molecule has 2 atom stereocenters. The molecule has 1 aliphatic heterocycles. The van der Waals surface area contributed by atoms with E-state index >= 15 is 0 Å². The molecular formula is C17H21NO3. The Morgan fingerprint density at radius 2 is 2.29 bits per heavy atom. The minimum Gasteiger partial charge on any atom is -0.497 e. The van der Waals surface area contributed by atoms with Gasteiger partial charge in [-0.05, 0) is 55.3 Å². The van der Waals surface area contributed by atoms with Gasteiger partial charge in [-0.3, -0.25) is 4.90 Å². The minimum atomic E-state index is -0.858. The van der Waals surface area contributed by atoms with E-state index in [1.807, 2.05) is 6.07 Å². The van der Waals surface area contributed by atoms with Crippen molar-refractivity contribution in [1.82, 2.24) is 4.90 Å². The number of ether oxygens (including phenoxy) is 1. The van der Waals surface area contributed by atoms with Gasteiger partial charge in [0.2, 0.25) is 0 Å². The third-order valence-electron chi connectivity index (χ3n) is 5.10. The van der Waals surface area contributed by atoms with Crippen LogP contribution in [0.25, 0.3) is 0 Å². The third kappa shape index (κ3) is 2.14. The number of hydrogen-bond donors (Lipinski definition) is 1. The van der Waals surface area contributed by atoms with Gasteiger partial charge in [-0.1, -0.05) is 13.0 Å². The molecule has 1 aromatic rings. The van der Waals surface area contributed by atoms with Crippen LogP contribution in [-0.2, 0) is 16.6 Å². The van der Waals surface area contributed by atoms with Crippen LogP contribution in [0, 0.1) is 0 Å². The number of methoxy groups -OCH3 is 1. The molecule has 21 heavy (non-hydrogen) atoms. The standard InChI is InChI=1S/C17H21NO3/c1-17-6-7-18(2)15(14(17)10-16(19)20)8-11-4-5-12(21-3)9-13(11)17/h4-5,9-10,15H,6-8H2,1-3H3,(H,19,20)/b14-10-. The van der Waals surface area contributed by atoms with E-state index < -0.39 is 5.97 Å². The van der Waals surface area contributed by atoms with Gasteiger partial charge in [-0.2, -0.15) is 0 Å². The Kier molecular flexibility index (Phi) is 3.29. The van der Waals surface area contributed by atoms with E-state index in [0.29, 0.717) is 0 Å². The van der Waals surface area contributed by atoms with E-state index in [2.05, 4.69) is 31.0 Å². The fourth-order valence-electron chi connectivity index (χ4n) is 3.83. The lowest BCUT2D eigenvalue weighted by atomic mass is 9.61. The molecule has 1 N–H and O–H groups in total. The second-order valence-corrected chi connectivity index (χ2v) is 6.24. The molecule has 4 heteroatoms. The molecule has 1 saturated heterocycles. The Balaban J connectivity index is 2.20. The zero-order chi connectivity index (χ0) is 15.2. The molecule has 1 fully saturated rings. The van der Waals surface area contributed by atoms with E-state index in [1.165, 1.54) is 17.2 Å². The molecule has 4 nitrogen and oxygen atoms in total. The van der Waals surface area contributed by atoms with E-state index in [-0.39, 0.29) is 11.5 Å². The highest BCUT2D eigenvalue weighted by molar-refractivity contribution is 5.82. The first-order valence-electron chi connectivity index (χ1n) is 7.28. The molecule has 2 unspecified atom stereocenters. The number of nitrogens with zero attached hydrogens (tertiary/aromatic N) is 1. The molecule has 0 amide bonds. The van der Waals surface area contributed by atoms with Gasteiger partial charge in [-0.15, -0.1) is 0 Å². The number of benzene rings is 1. The largest absolute Gasteiger partial charge is 0.497 e. The highest BCUT2D eigenvalue weighted by atomic mass is 16.5. The van der Waals surface area contributed by atoms with E-state index in [1.54, 1.807) is 7.11 Å². The lowest BCUT2D eigenvalue weighted by molar-refractivity contribution is -0.131. The van der Waals surface area contributed by atoms with Crippen LogP contribution in [0.5, 0.6) is 5.75 Å². The van der Waals surface area contributed by atoms with Crippen molar-refractivity contribution in [3.63, 3.8) is 0 Å². The fraction of sp³-hybridized carbons (Fsp3) is 0.471. The summed E-state index contributed by atoms with van der Waals surface area (Å²) < 4.78 is 5.35. The van der Waals surface area contributed by atoms with Crippen LogP contribution >= 0.6 is 0 Å². The number of carbonyl (C=O) groups is 1. The summed E-state index contributed by atoms with van der Waals surface area (Å²) in [6.07, 6.45) is 3.21. The van der Waals surface area contributed by atoms with E-state index in [0.717, 1.165) is 30.7 Å². The first kappa shape index (κ1) is 14.1. The Labute approximate surface area is 125 Å². The number of carboxylic acids is 1. The summed E-state index contributed by atoms with van der Waals surface area (Å²) in [4.78, 5) is 13.5. The average Bonchev–Trinajstić information content (AvgIpc) is 2.45. The number of hydrogen-bond acceptors (Lipinski definition) is 3. The van der Waals surface area contributed by atoms with Crippen LogP contribution in [0.2, 0.25) is 0 Å². The van der Waals surface area contributed by atoms with Crippen molar-refractivity contribution in [2.75, 3.05) is 20.7 Å². The minimum absolute atomic E-state index is 0.181. The van der Waals surface area contributed by atoms with Gasteiger partial charge in [0.05, 0.1) is 7.11 Å². The lowest BCUT2D eigenvalue weighted by Crippen LogP contribution is -2.52. The molecular weight excluding hydrogens is 266 g/mol. The van der Waals surface area contributed by atoms with Gasteiger partial charge in [-0.25, -0.2) is 4.79 Å². The van der Waals surface area contributed by atoms with Gasteiger partial charge in [0.15, 0.2) is 0 Å². The zero-order valence-corrected chi connectivity index (χ0v) is 12.7. The highest BCUT2D eigenvalue weighted by Crippen LogP contribution is 2.48. The number of carboxylic acid groups (broad SMARTS) is 1. The van der Waals surface area contributed by atoms with Crippen LogP contribution in [0.15, 0.2) is 29.8 Å². The predicted molar refractivity (Wildman–Crippen MR) is 80.8 cm³/mol. The molecule has 1 aromatic carbocycles. The summed E-state index contributed by atoms with van der Waals surface area (Å²) in [6.45, 7) is 3.15. The topological polar surface area (TPSA) is 49.8 Å². The van der Waals surface area contributed by atoms with Crippen molar-refractivity contribution in [2.45, 2.75) is 31.2 Å². The van der Waals surface area contributed by atoms with Gasteiger partial charge in [0.25, 0.3) is 0 Å². The van der Waals surface area contributed by atoms with E-state index in [9.17, 15) is 9.90 Å². The quantitative estimate of drug-likeness (QED) is 0.847. The van der Waals surface area contributed by atoms with Gasteiger partial charge < -0.3 is 9.84 Å². The molecule has 2 aliphatic rings. The number of fused-ring (bicyclic) bond motifs is 4. The molecule has 112 valence electrons. The Hall–Kier alpha value is -1.81. The van der Waals surface area contributed by atoms with Crippen molar-refractivity contribution in [1.29, 1.82) is 0 Å². The van der Waals surface area contributed by atoms with Crippen molar-refractivity contribution in [2.24, 2.45) is 0 Å². The maximum atomic E-state index is 11.3. The Morgan fingerprint density at radius 1 is 1.52 bits per heavy atom. The molecule has 0 aromatic heterocycles. The SMILES string of the molecule is COc1ccc2c(c1)C1(C)CCN(C)C(C2)/C1=C/C(=O)O. The van der Waals surface area contributed by atoms with Crippen LogP contribution in [0.3, 0.4) is 0 Å². The third-order valence-corrected chi connectivity index (χ3v) is 5.10. The monoisotopic (exact) mass is 287 g/mol. The smallest absolute Gasteiger partial charge is 0.328 e. The summed E-state index contributed by atoms with van der Waals surface area (Å²) in [5.41, 5.74) is 3.33. The summed E-state index contributed by atoms with van der Waals surface area (Å²) in [7, 11) is 3.74.